The highest BCUT2D eigenvalue weighted by atomic mass is 35.5. The van der Waals surface area contributed by atoms with E-state index in [0.717, 1.165) is 0 Å². The van der Waals surface area contributed by atoms with Gasteiger partial charge >= 0.3 is 5.97 Å². The zero-order valence-corrected chi connectivity index (χ0v) is 9.57. The highest BCUT2D eigenvalue weighted by molar-refractivity contribution is 7.79. The van der Waals surface area contributed by atoms with E-state index in [0.29, 0.717) is 0 Å². The topological polar surface area (TPSA) is 74.6 Å². The van der Waals surface area contributed by atoms with E-state index in [-0.39, 0.29) is 26.9 Å². The van der Waals surface area contributed by atoms with Gasteiger partial charge in [-0.05, 0) is 17.7 Å². The van der Waals surface area contributed by atoms with Crippen molar-refractivity contribution in [3.63, 3.8) is 0 Å². The lowest BCUT2D eigenvalue weighted by Gasteiger charge is -2.05. The molecule has 0 bridgehead atoms. The Morgan fingerprint density at radius 1 is 1.40 bits per heavy atom. The summed E-state index contributed by atoms with van der Waals surface area (Å²) in [5.41, 5.74) is 0.217. The van der Waals surface area contributed by atoms with E-state index in [4.69, 9.17) is 32.9 Å². The zero-order chi connectivity index (χ0) is 11.6. The number of benzene rings is 1. The van der Waals surface area contributed by atoms with Gasteiger partial charge in [-0.1, -0.05) is 23.2 Å². The smallest absolute Gasteiger partial charge is 0.307 e. The quantitative estimate of drug-likeness (QED) is 0.825. The molecule has 0 saturated heterocycles. The van der Waals surface area contributed by atoms with Crippen LogP contribution in [0, 0.1) is 0 Å². The molecular formula is C8H6Cl2O4S. The van der Waals surface area contributed by atoms with E-state index in [2.05, 4.69) is 0 Å². The third-order valence-corrected chi connectivity index (χ3v) is 3.10. The molecule has 82 valence electrons. The van der Waals surface area contributed by atoms with E-state index in [1.165, 1.54) is 12.1 Å². The first-order valence-electron chi connectivity index (χ1n) is 3.72. The van der Waals surface area contributed by atoms with Gasteiger partial charge in [0.15, 0.2) is 11.1 Å². The highest BCUT2D eigenvalue weighted by Crippen LogP contribution is 2.29. The van der Waals surface area contributed by atoms with Gasteiger partial charge in [0, 0.05) is 0 Å². The molecule has 0 aliphatic rings. The average molecular weight is 269 g/mol. The van der Waals surface area contributed by atoms with Crippen LogP contribution in [-0.4, -0.2) is 19.8 Å². The molecule has 0 fully saturated rings. The Morgan fingerprint density at radius 2 is 2.00 bits per heavy atom. The fraction of sp³-hybridized carbons (Fsp3) is 0.125. The van der Waals surface area contributed by atoms with Gasteiger partial charge in [0.1, 0.15) is 0 Å². The van der Waals surface area contributed by atoms with Gasteiger partial charge in [-0.25, -0.2) is 4.21 Å². The van der Waals surface area contributed by atoms with Gasteiger partial charge in [-0.2, -0.15) is 0 Å². The zero-order valence-electron chi connectivity index (χ0n) is 7.24. The number of carboxylic acids is 1. The lowest BCUT2D eigenvalue weighted by atomic mass is 10.1. The van der Waals surface area contributed by atoms with Crippen molar-refractivity contribution in [3.05, 3.63) is 27.7 Å². The van der Waals surface area contributed by atoms with Crippen molar-refractivity contribution in [2.24, 2.45) is 0 Å². The first kappa shape index (κ1) is 12.4. The third kappa shape index (κ3) is 3.17. The molecule has 0 aromatic heterocycles. The van der Waals surface area contributed by atoms with Crippen molar-refractivity contribution in [2.75, 3.05) is 0 Å². The summed E-state index contributed by atoms with van der Waals surface area (Å²) in [6.45, 7) is 0. The fourth-order valence-corrected chi connectivity index (χ4v) is 1.95. The van der Waals surface area contributed by atoms with Gasteiger partial charge < -0.3 is 9.66 Å². The monoisotopic (exact) mass is 268 g/mol. The molecule has 1 unspecified atom stereocenters. The summed E-state index contributed by atoms with van der Waals surface area (Å²) in [6, 6.07) is 2.48. The second kappa shape index (κ2) is 4.94. The van der Waals surface area contributed by atoms with Crippen LogP contribution >= 0.6 is 23.2 Å². The van der Waals surface area contributed by atoms with Crippen LogP contribution in [-0.2, 0) is 22.3 Å². The summed E-state index contributed by atoms with van der Waals surface area (Å²) >= 11 is 9.21. The molecule has 0 amide bonds. The molecule has 0 aliphatic carbocycles. The summed E-state index contributed by atoms with van der Waals surface area (Å²) in [5, 5.41) is 8.73. The van der Waals surface area contributed by atoms with Gasteiger partial charge in [0.25, 0.3) is 0 Å². The predicted octanol–water partition coefficient (Wildman–Crippen LogP) is 2.20. The van der Waals surface area contributed by atoms with E-state index < -0.39 is 17.0 Å². The molecule has 4 nitrogen and oxygen atoms in total. The largest absolute Gasteiger partial charge is 0.481 e. The van der Waals surface area contributed by atoms with Crippen LogP contribution in [0.1, 0.15) is 5.56 Å². The molecular weight excluding hydrogens is 263 g/mol. The molecule has 1 aromatic carbocycles. The Labute approximate surface area is 98.1 Å². The Balaban J connectivity index is 3.24. The maximum Gasteiger partial charge on any atom is 0.307 e. The molecule has 0 saturated carbocycles. The number of rotatable bonds is 3. The Hall–Kier alpha value is -0.620. The molecule has 1 rings (SSSR count). The number of halogens is 2. The third-order valence-electron chi connectivity index (χ3n) is 1.62. The molecule has 1 aromatic rings. The number of hydrogen-bond acceptors (Lipinski definition) is 2. The van der Waals surface area contributed by atoms with Crippen molar-refractivity contribution in [1.29, 1.82) is 0 Å². The van der Waals surface area contributed by atoms with Crippen LogP contribution in [0.25, 0.3) is 0 Å². The maximum absolute atomic E-state index is 10.8. The van der Waals surface area contributed by atoms with Crippen molar-refractivity contribution in [3.8, 4) is 0 Å². The van der Waals surface area contributed by atoms with Gasteiger partial charge in [0.05, 0.1) is 21.4 Å². The summed E-state index contributed by atoms with van der Waals surface area (Å²) in [5.74, 6) is -1.09. The Bertz CT molecular complexity index is 433. The van der Waals surface area contributed by atoms with Gasteiger partial charge in [0.2, 0.25) is 0 Å². The molecule has 1 atom stereocenters. The van der Waals surface area contributed by atoms with Crippen molar-refractivity contribution in [1.82, 2.24) is 0 Å². The predicted molar refractivity (Wildman–Crippen MR) is 56.8 cm³/mol. The van der Waals surface area contributed by atoms with Crippen LogP contribution in [0.15, 0.2) is 17.0 Å². The maximum atomic E-state index is 10.8. The Kier molecular flexibility index (Phi) is 4.10. The van der Waals surface area contributed by atoms with E-state index in [9.17, 15) is 9.00 Å². The van der Waals surface area contributed by atoms with Crippen LogP contribution < -0.4 is 0 Å². The molecule has 15 heavy (non-hydrogen) atoms. The van der Waals surface area contributed by atoms with Crippen LogP contribution in [0.2, 0.25) is 10.0 Å². The van der Waals surface area contributed by atoms with Gasteiger partial charge in [-0.3, -0.25) is 4.79 Å². The molecule has 0 heterocycles. The van der Waals surface area contributed by atoms with Gasteiger partial charge in [-0.15, -0.1) is 0 Å². The molecule has 2 N–H and O–H groups in total. The minimum atomic E-state index is -2.21. The van der Waals surface area contributed by atoms with Crippen LogP contribution in [0.3, 0.4) is 0 Å². The molecule has 0 spiro atoms. The second-order valence-corrected chi connectivity index (χ2v) is 4.45. The number of carbonyl (C=O) groups is 1. The van der Waals surface area contributed by atoms with Crippen molar-refractivity contribution in [2.45, 2.75) is 11.3 Å². The fourth-order valence-electron chi connectivity index (χ4n) is 1.01. The molecule has 7 heteroatoms. The Morgan fingerprint density at radius 3 is 2.47 bits per heavy atom. The van der Waals surface area contributed by atoms with Crippen LogP contribution in [0.5, 0.6) is 0 Å². The van der Waals surface area contributed by atoms with E-state index in [1.807, 2.05) is 0 Å². The normalized spacial score (nSPS) is 12.5. The summed E-state index contributed by atoms with van der Waals surface area (Å²) < 4.78 is 19.6. The lowest BCUT2D eigenvalue weighted by Crippen LogP contribution is -2.02. The van der Waals surface area contributed by atoms with E-state index in [1.54, 1.807) is 0 Å². The first-order chi connectivity index (χ1) is 6.91. The number of hydrogen-bond donors (Lipinski definition) is 2. The first-order valence-corrected chi connectivity index (χ1v) is 5.58. The SMILES string of the molecule is O=C(O)Cc1cc(S(=O)O)cc(Cl)c1Cl. The van der Waals surface area contributed by atoms with Crippen molar-refractivity contribution >= 4 is 40.3 Å². The summed E-state index contributed by atoms with van der Waals surface area (Å²) in [4.78, 5) is 10.5. The minimum Gasteiger partial charge on any atom is -0.481 e. The van der Waals surface area contributed by atoms with E-state index >= 15 is 0 Å². The number of carboxylic acid groups (broad SMARTS) is 1. The average Bonchev–Trinajstić information content (AvgIpc) is 2.11. The van der Waals surface area contributed by atoms with Crippen molar-refractivity contribution < 1.29 is 18.7 Å². The second-order valence-electron chi connectivity index (χ2n) is 2.70. The number of aliphatic carboxylic acids is 1. The molecule has 0 aliphatic heterocycles. The standard InChI is InChI=1S/C8H6Cl2O4S/c9-6-3-5(15(13)14)1-4(8(6)10)2-7(11)12/h1,3H,2H2,(H,11,12)(H,13,14). The summed E-state index contributed by atoms with van der Waals surface area (Å²) in [6.07, 6.45) is -0.344. The molecule has 0 radical (unpaired) electrons. The van der Waals surface area contributed by atoms with Crippen LogP contribution in [0.4, 0.5) is 0 Å². The summed E-state index contributed by atoms with van der Waals surface area (Å²) in [7, 11) is 0. The lowest BCUT2D eigenvalue weighted by molar-refractivity contribution is -0.136. The highest BCUT2D eigenvalue weighted by Gasteiger charge is 2.12. The minimum absolute atomic E-state index is 0.0284.